The van der Waals surface area contributed by atoms with Crippen molar-refractivity contribution in [3.63, 3.8) is 0 Å². The summed E-state index contributed by atoms with van der Waals surface area (Å²) in [4.78, 5) is 34.8. The van der Waals surface area contributed by atoms with Crippen molar-refractivity contribution < 1.29 is 9.59 Å². The maximum absolute atomic E-state index is 12.5. The van der Waals surface area contributed by atoms with Crippen LogP contribution in [-0.4, -0.2) is 44.2 Å². The molecule has 2 heterocycles. The van der Waals surface area contributed by atoms with Crippen LogP contribution in [-0.2, 0) is 0 Å². The Morgan fingerprint density at radius 1 is 1.15 bits per heavy atom. The Bertz CT molecular complexity index is 948. The van der Waals surface area contributed by atoms with Gasteiger partial charge in [-0.2, -0.15) is 0 Å². The van der Waals surface area contributed by atoms with Gasteiger partial charge in [-0.25, -0.2) is 9.97 Å². The average Bonchev–Trinajstić information content (AvgIpc) is 3.12. The van der Waals surface area contributed by atoms with E-state index in [1.54, 1.807) is 70.4 Å². The number of imidazole rings is 1. The highest BCUT2D eigenvalue weighted by molar-refractivity contribution is 6.03. The van der Waals surface area contributed by atoms with E-state index in [2.05, 4.69) is 28.4 Å². The van der Waals surface area contributed by atoms with Gasteiger partial charge in [0.1, 0.15) is 5.69 Å². The van der Waals surface area contributed by atoms with Gasteiger partial charge in [-0.05, 0) is 30.3 Å². The molecule has 3 aromatic rings. The van der Waals surface area contributed by atoms with Gasteiger partial charge in [-0.3, -0.25) is 14.0 Å². The van der Waals surface area contributed by atoms with E-state index in [1.165, 1.54) is 0 Å². The maximum Gasteiger partial charge on any atom is 0.275 e. The molecule has 0 saturated heterocycles. The van der Waals surface area contributed by atoms with Crippen LogP contribution in [0, 0.1) is 0 Å². The molecular weight excluding hydrogens is 342 g/mol. The fraction of sp³-hybridized carbons (Fsp3) is 0.100. The van der Waals surface area contributed by atoms with Crippen LogP contribution in [0.25, 0.3) is 5.78 Å². The molecule has 1 aromatic carbocycles. The monoisotopic (exact) mass is 361 g/mol. The number of hydrogen-bond acceptors (Lipinski definition) is 4. The lowest BCUT2D eigenvalue weighted by Gasteiger charge is -2.19. The lowest BCUT2D eigenvalue weighted by molar-refractivity contribution is 0.0790. The molecule has 27 heavy (non-hydrogen) atoms. The normalized spacial score (nSPS) is 10.4. The molecule has 7 heteroatoms. The van der Waals surface area contributed by atoms with Crippen molar-refractivity contribution in [2.24, 2.45) is 0 Å². The highest BCUT2D eigenvalue weighted by Gasteiger charge is 2.14. The highest BCUT2D eigenvalue weighted by atomic mass is 16.2. The minimum Gasteiger partial charge on any atom is -0.331 e. The molecule has 0 unspecified atom stereocenters. The second-order valence-electron chi connectivity index (χ2n) is 5.77. The van der Waals surface area contributed by atoms with Crippen molar-refractivity contribution >= 4 is 23.3 Å². The van der Waals surface area contributed by atoms with Gasteiger partial charge in [0.15, 0.2) is 0 Å². The van der Waals surface area contributed by atoms with E-state index in [0.717, 1.165) is 0 Å². The zero-order valence-corrected chi connectivity index (χ0v) is 14.7. The number of benzene rings is 1. The van der Waals surface area contributed by atoms with Crippen molar-refractivity contribution in [2.45, 2.75) is 0 Å². The third-order valence-electron chi connectivity index (χ3n) is 3.84. The molecular formula is C20H19N5O2. The molecule has 2 amide bonds. The Morgan fingerprint density at radius 3 is 2.48 bits per heavy atom. The van der Waals surface area contributed by atoms with Crippen LogP contribution in [0.2, 0.25) is 0 Å². The molecule has 0 radical (unpaired) electrons. The van der Waals surface area contributed by atoms with E-state index < -0.39 is 0 Å². The average molecular weight is 361 g/mol. The first-order valence-corrected chi connectivity index (χ1v) is 8.34. The number of anilines is 1. The predicted octanol–water partition coefficient (Wildman–Crippen LogP) is 2.80. The number of fused-ring (bicyclic) bond motifs is 1. The molecule has 0 bridgehead atoms. The molecule has 3 rings (SSSR count). The first-order chi connectivity index (χ1) is 13.1. The first-order valence-electron chi connectivity index (χ1n) is 8.34. The van der Waals surface area contributed by atoms with Gasteiger partial charge in [0.2, 0.25) is 5.78 Å². The first kappa shape index (κ1) is 18.1. The summed E-state index contributed by atoms with van der Waals surface area (Å²) in [7, 11) is 0. The molecule has 0 fully saturated rings. The van der Waals surface area contributed by atoms with Gasteiger partial charge >= 0.3 is 0 Å². The summed E-state index contributed by atoms with van der Waals surface area (Å²) < 4.78 is 1.67. The quantitative estimate of drug-likeness (QED) is 0.656. The Hall–Kier alpha value is -3.74. The standard InChI is InChI=1S/C20H19N5O2/c1-3-11-24(12-4-2)19(27)15-6-8-16(9-7-15)22-18(26)17-14-25-13-5-10-21-20(25)23-17/h3-10,13-14H,1-2,11-12H2,(H,22,26). The fourth-order valence-corrected chi connectivity index (χ4v) is 2.57. The second-order valence-corrected chi connectivity index (χ2v) is 5.77. The molecule has 0 aliphatic carbocycles. The summed E-state index contributed by atoms with van der Waals surface area (Å²) in [6.45, 7) is 8.20. The lowest BCUT2D eigenvalue weighted by Crippen LogP contribution is -2.31. The number of nitrogens with one attached hydrogen (secondary N) is 1. The van der Waals surface area contributed by atoms with Gasteiger partial charge in [-0.15, -0.1) is 13.2 Å². The fourth-order valence-electron chi connectivity index (χ4n) is 2.57. The smallest absolute Gasteiger partial charge is 0.275 e. The summed E-state index contributed by atoms with van der Waals surface area (Å²) in [6.07, 6.45) is 8.32. The minimum absolute atomic E-state index is 0.126. The number of rotatable bonds is 7. The maximum atomic E-state index is 12.5. The molecule has 0 saturated carbocycles. The van der Waals surface area contributed by atoms with Crippen molar-refractivity contribution in [3.8, 4) is 0 Å². The van der Waals surface area contributed by atoms with Crippen molar-refractivity contribution in [2.75, 3.05) is 18.4 Å². The van der Waals surface area contributed by atoms with Gasteiger partial charge in [0.25, 0.3) is 11.8 Å². The number of nitrogens with zero attached hydrogens (tertiary/aromatic N) is 4. The van der Waals surface area contributed by atoms with Crippen molar-refractivity contribution in [1.82, 2.24) is 19.3 Å². The molecule has 0 atom stereocenters. The van der Waals surface area contributed by atoms with Crippen LogP contribution >= 0.6 is 0 Å². The van der Waals surface area contributed by atoms with Gasteiger partial charge in [-0.1, -0.05) is 12.2 Å². The van der Waals surface area contributed by atoms with Gasteiger partial charge in [0.05, 0.1) is 0 Å². The number of carbonyl (C=O) groups is 2. The van der Waals surface area contributed by atoms with Crippen LogP contribution in [0.5, 0.6) is 0 Å². The van der Waals surface area contributed by atoms with E-state index in [4.69, 9.17) is 0 Å². The topological polar surface area (TPSA) is 79.6 Å². The predicted molar refractivity (Wildman–Crippen MR) is 104 cm³/mol. The van der Waals surface area contributed by atoms with E-state index in [-0.39, 0.29) is 17.5 Å². The zero-order chi connectivity index (χ0) is 19.2. The summed E-state index contributed by atoms with van der Waals surface area (Å²) >= 11 is 0. The second kappa shape index (κ2) is 8.09. The Morgan fingerprint density at radius 2 is 1.85 bits per heavy atom. The SMILES string of the molecule is C=CCN(CC=C)C(=O)c1ccc(NC(=O)c2cn3cccnc3n2)cc1. The van der Waals surface area contributed by atoms with E-state index in [1.807, 2.05) is 0 Å². The van der Waals surface area contributed by atoms with Crippen LogP contribution in [0.15, 0.2) is 74.2 Å². The van der Waals surface area contributed by atoms with E-state index in [9.17, 15) is 9.59 Å². The molecule has 0 aliphatic heterocycles. The number of aromatic nitrogens is 3. The van der Waals surface area contributed by atoms with Gasteiger partial charge in [0, 0.05) is 42.9 Å². The molecule has 0 spiro atoms. The summed E-state index contributed by atoms with van der Waals surface area (Å²) in [6, 6.07) is 8.46. The summed E-state index contributed by atoms with van der Waals surface area (Å²) in [5, 5.41) is 2.77. The largest absolute Gasteiger partial charge is 0.331 e. The summed E-state index contributed by atoms with van der Waals surface area (Å²) in [5.41, 5.74) is 1.35. The number of amides is 2. The van der Waals surface area contributed by atoms with Crippen LogP contribution in [0.1, 0.15) is 20.8 Å². The molecule has 2 aromatic heterocycles. The molecule has 136 valence electrons. The Labute approximate surface area is 156 Å². The number of carbonyl (C=O) groups excluding carboxylic acids is 2. The third-order valence-corrected chi connectivity index (χ3v) is 3.84. The van der Waals surface area contributed by atoms with Crippen LogP contribution in [0.4, 0.5) is 5.69 Å². The van der Waals surface area contributed by atoms with Crippen molar-refractivity contribution in [3.05, 3.63) is 85.5 Å². The third kappa shape index (κ3) is 4.09. The van der Waals surface area contributed by atoms with Crippen molar-refractivity contribution in [1.29, 1.82) is 0 Å². The minimum atomic E-state index is -0.348. The lowest BCUT2D eigenvalue weighted by atomic mass is 10.1. The Kier molecular flexibility index (Phi) is 5.41. The Balaban J connectivity index is 1.71. The molecule has 0 aliphatic rings. The van der Waals surface area contributed by atoms with Crippen LogP contribution < -0.4 is 5.32 Å². The highest BCUT2D eigenvalue weighted by Crippen LogP contribution is 2.13. The van der Waals surface area contributed by atoms with E-state index >= 15 is 0 Å². The van der Waals surface area contributed by atoms with E-state index in [0.29, 0.717) is 30.1 Å². The zero-order valence-electron chi connectivity index (χ0n) is 14.7. The van der Waals surface area contributed by atoms with Crippen LogP contribution in [0.3, 0.4) is 0 Å². The molecule has 1 N–H and O–H groups in total. The number of hydrogen-bond donors (Lipinski definition) is 1. The summed E-state index contributed by atoms with van der Waals surface area (Å²) in [5.74, 6) is -0.0215. The van der Waals surface area contributed by atoms with Gasteiger partial charge < -0.3 is 10.2 Å². The molecule has 7 nitrogen and oxygen atoms in total.